The number of H-pyrrole nitrogens is 1. The largest absolute Gasteiger partial charge is 0.490 e. The van der Waals surface area contributed by atoms with E-state index in [2.05, 4.69) is 0 Å². The van der Waals surface area contributed by atoms with E-state index >= 15 is 0 Å². The molecule has 1 saturated heterocycles. The van der Waals surface area contributed by atoms with Crippen molar-refractivity contribution < 1.29 is 19.7 Å². The third-order valence-corrected chi connectivity index (χ3v) is 3.00. The number of methoxy groups -OCH3 is 1. The second-order valence-corrected chi connectivity index (χ2v) is 4.15. The molecule has 0 amide bonds. The minimum Gasteiger partial charge on any atom is -0.490 e. The monoisotopic (exact) mass is 273 g/mol. The van der Waals surface area contributed by atoms with E-state index in [0.29, 0.717) is 0 Å². The van der Waals surface area contributed by atoms with Gasteiger partial charge in [0.15, 0.2) is 6.23 Å². The number of rotatable bonds is 3. The first-order valence-corrected chi connectivity index (χ1v) is 5.60. The molecule has 0 spiro atoms. The Balaban J connectivity index is 2.43. The molecule has 0 radical (unpaired) electrons. The number of nitrogens with one attached hydrogen (secondary N) is 1. The molecule has 4 unspecified atom stereocenters. The van der Waals surface area contributed by atoms with Crippen LogP contribution in [0.4, 0.5) is 0 Å². The fourth-order valence-electron chi connectivity index (χ4n) is 1.96. The van der Waals surface area contributed by atoms with E-state index in [9.17, 15) is 19.8 Å². The zero-order valence-electron chi connectivity index (χ0n) is 10.1. The van der Waals surface area contributed by atoms with Gasteiger partial charge in [-0.25, -0.2) is 4.79 Å². The van der Waals surface area contributed by atoms with Gasteiger partial charge < -0.3 is 25.4 Å². The quantitative estimate of drug-likeness (QED) is 0.464. The highest BCUT2D eigenvalue weighted by Gasteiger charge is 2.43. The van der Waals surface area contributed by atoms with Crippen LogP contribution in [0, 0.1) is 0 Å². The highest BCUT2D eigenvalue weighted by atomic mass is 16.6. The van der Waals surface area contributed by atoms with Crippen molar-refractivity contribution in [1.82, 2.24) is 9.55 Å². The number of hydrogen-bond donors (Lipinski definition) is 4. The second kappa shape index (κ2) is 5.13. The minimum atomic E-state index is -1.33. The normalized spacial score (nSPS) is 30.5. The Kier molecular flexibility index (Phi) is 3.71. The molecule has 1 fully saturated rings. The number of ether oxygens (including phenoxy) is 2. The van der Waals surface area contributed by atoms with Crippen molar-refractivity contribution in [2.24, 2.45) is 5.73 Å². The minimum absolute atomic E-state index is 0.00995. The van der Waals surface area contributed by atoms with Crippen molar-refractivity contribution in [2.45, 2.75) is 24.5 Å². The molecule has 2 heterocycles. The van der Waals surface area contributed by atoms with Gasteiger partial charge in [0, 0.05) is 6.54 Å². The molecule has 0 aliphatic carbocycles. The first-order chi connectivity index (χ1) is 8.99. The van der Waals surface area contributed by atoms with E-state index in [1.165, 1.54) is 7.11 Å². The number of aliphatic hydroxyl groups excluding tert-OH is 2. The van der Waals surface area contributed by atoms with Crippen molar-refractivity contribution in [3.05, 3.63) is 27.0 Å². The molecule has 106 valence electrons. The SMILES string of the molecule is COc1cn(C2OC(CN)C(O)C2O)c(=O)[nH]c1=O. The highest BCUT2D eigenvalue weighted by Crippen LogP contribution is 2.27. The van der Waals surface area contributed by atoms with Crippen LogP contribution in [0.25, 0.3) is 0 Å². The number of aromatic nitrogens is 2. The first kappa shape index (κ1) is 13.7. The van der Waals surface area contributed by atoms with Crippen LogP contribution >= 0.6 is 0 Å². The molecular weight excluding hydrogens is 258 g/mol. The van der Waals surface area contributed by atoms with E-state index in [1.807, 2.05) is 4.98 Å². The molecule has 19 heavy (non-hydrogen) atoms. The van der Waals surface area contributed by atoms with Gasteiger partial charge >= 0.3 is 5.69 Å². The van der Waals surface area contributed by atoms with Crippen molar-refractivity contribution in [1.29, 1.82) is 0 Å². The predicted molar refractivity (Wildman–Crippen MR) is 62.9 cm³/mol. The summed E-state index contributed by atoms with van der Waals surface area (Å²) in [5.41, 5.74) is 3.91. The number of aliphatic hydroxyl groups is 2. The maximum Gasteiger partial charge on any atom is 0.330 e. The van der Waals surface area contributed by atoms with E-state index in [4.69, 9.17) is 15.2 Å². The van der Waals surface area contributed by atoms with Crippen molar-refractivity contribution in [2.75, 3.05) is 13.7 Å². The summed E-state index contributed by atoms with van der Waals surface area (Å²) in [4.78, 5) is 25.1. The van der Waals surface area contributed by atoms with Crippen LogP contribution < -0.4 is 21.7 Å². The van der Waals surface area contributed by atoms with Crippen molar-refractivity contribution in [3.63, 3.8) is 0 Å². The maximum absolute atomic E-state index is 11.7. The van der Waals surface area contributed by atoms with Crippen molar-refractivity contribution >= 4 is 0 Å². The fourth-order valence-corrected chi connectivity index (χ4v) is 1.96. The summed E-state index contributed by atoms with van der Waals surface area (Å²) < 4.78 is 11.0. The van der Waals surface area contributed by atoms with Crippen molar-refractivity contribution in [3.8, 4) is 5.75 Å². The van der Waals surface area contributed by atoms with Gasteiger partial charge in [0.1, 0.15) is 18.3 Å². The summed E-state index contributed by atoms with van der Waals surface area (Å²) in [6, 6.07) is 0. The number of hydrogen-bond acceptors (Lipinski definition) is 7. The lowest BCUT2D eigenvalue weighted by Gasteiger charge is -2.17. The molecule has 0 saturated carbocycles. The number of nitrogens with two attached hydrogens (primary N) is 1. The van der Waals surface area contributed by atoms with Crippen LogP contribution in [0.3, 0.4) is 0 Å². The Morgan fingerprint density at radius 2 is 2.16 bits per heavy atom. The van der Waals surface area contributed by atoms with Crippen LogP contribution in [-0.2, 0) is 4.74 Å². The molecule has 1 aromatic rings. The Morgan fingerprint density at radius 3 is 2.68 bits per heavy atom. The van der Waals surface area contributed by atoms with Crippen LogP contribution in [0.1, 0.15) is 6.23 Å². The Hall–Kier alpha value is -1.68. The van der Waals surface area contributed by atoms with Gasteiger partial charge in [0.2, 0.25) is 5.75 Å². The summed E-state index contributed by atoms with van der Waals surface area (Å²) in [5, 5.41) is 19.5. The lowest BCUT2D eigenvalue weighted by atomic mass is 10.1. The maximum atomic E-state index is 11.7. The first-order valence-electron chi connectivity index (χ1n) is 5.60. The van der Waals surface area contributed by atoms with Crippen LogP contribution in [0.5, 0.6) is 5.75 Å². The Labute approximate surface area is 107 Å². The average molecular weight is 273 g/mol. The van der Waals surface area contributed by atoms with E-state index < -0.39 is 35.8 Å². The fraction of sp³-hybridized carbons (Fsp3) is 0.600. The lowest BCUT2D eigenvalue weighted by molar-refractivity contribution is -0.0375. The molecule has 1 aliphatic rings. The Morgan fingerprint density at radius 1 is 1.47 bits per heavy atom. The number of aromatic amines is 1. The van der Waals surface area contributed by atoms with Gasteiger partial charge in [0.25, 0.3) is 5.56 Å². The van der Waals surface area contributed by atoms with E-state index in [0.717, 1.165) is 10.8 Å². The molecule has 9 nitrogen and oxygen atoms in total. The molecule has 1 aromatic heterocycles. The average Bonchev–Trinajstić information content (AvgIpc) is 2.67. The van der Waals surface area contributed by atoms with Gasteiger partial charge in [-0.05, 0) is 0 Å². The topological polar surface area (TPSA) is 140 Å². The molecule has 4 atom stereocenters. The third kappa shape index (κ3) is 2.28. The summed E-state index contributed by atoms with van der Waals surface area (Å²) in [6.45, 7) is -0.00995. The summed E-state index contributed by atoms with van der Waals surface area (Å²) in [5.74, 6) is -0.110. The summed E-state index contributed by atoms with van der Waals surface area (Å²) in [7, 11) is 1.27. The van der Waals surface area contributed by atoms with Gasteiger partial charge in [-0.2, -0.15) is 0 Å². The highest BCUT2D eigenvalue weighted by molar-refractivity contribution is 5.12. The molecular formula is C10H15N3O6. The third-order valence-electron chi connectivity index (χ3n) is 3.00. The summed E-state index contributed by atoms with van der Waals surface area (Å²) >= 11 is 0. The molecule has 2 rings (SSSR count). The van der Waals surface area contributed by atoms with Gasteiger partial charge in [-0.15, -0.1) is 0 Å². The molecule has 0 bridgehead atoms. The van der Waals surface area contributed by atoms with E-state index in [1.54, 1.807) is 0 Å². The second-order valence-electron chi connectivity index (χ2n) is 4.15. The summed E-state index contributed by atoms with van der Waals surface area (Å²) in [6.07, 6.45) is -3.35. The van der Waals surface area contributed by atoms with Gasteiger partial charge in [0.05, 0.1) is 13.3 Å². The Bertz CT molecular complexity index is 567. The lowest BCUT2D eigenvalue weighted by Crippen LogP contribution is -2.38. The smallest absolute Gasteiger partial charge is 0.330 e. The zero-order chi connectivity index (χ0) is 14.2. The molecule has 5 N–H and O–H groups in total. The van der Waals surface area contributed by atoms with E-state index in [-0.39, 0.29) is 12.3 Å². The molecule has 1 aliphatic heterocycles. The zero-order valence-corrected chi connectivity index (χ0v) is 10.1. The van der Waals surface area contributed by atoms with Crippen LogP contribution in [-0.4, -0.2) is 51.7 Å². The van der Waals surface area contributed by atoms with Gasteiger partial charge in [-0.1, -0.05) is 0 Å². The standard InChI is InChI=1S/C10H15N3O6/c1-18-5-3-13(10(17)12-8(5)16)9-7(15)6(14)4(2-11)19-9/h3-4,6-7,9,14-15H,2,11H2,1H3,(H,12,16,17). The van der Waals surface area contributed by atoms with Crippen LogP contribution in [0.15, 0.2) is 15.8 Å². The predicted octanol–water partition coefficient (Wildman–Crippen LogP) is -2.88. The molecule has 9 heteroatoms. The van der Waals surface area contributed by atoms with Gasteiger partial charge in [-0.3, -0.25) is 14.3 Å². The molecule has 0 aromatic carbocycles. The number of nitrogens with zero attached hydrogens (tertiary/aromatic N) is 1. The van der Waals surface area contributed by atoms with Crippen LogP contribution in [0.2, 0.25) is 0 Å².